The van der Waals surface area contributed by atoms with E-state index in [0.717, 1.165) is 6.42 Å². The van der Waals surface area contributed by atoms with Gasteiger partial charge in [-0.25, -0.2) is 0 Å². The van der Waals surface area contributed by atoms with Gasteiger partial charge in [0.15, 0.2) is 0 Å². The lowest BCUT2D eigenvalue weighted by molar-refractivity contribution is -0.138. The van der Waals surface area contributed by atoms with Crippen molar-refractivity contribution in [3.8, 4) is 0 Å². The number of carbonyl (C=O) groups is 2. The van der Waals surface area contributed by atoms with E-state index in [2.05, 4.69) is 5.32 Å². The summed E-state index contributed by atoms with van der Waals surface area (Å²) in [4.78, 5) is 22.2. The molecule has 6 nitrogen and oxygen atoms in total. The summed E-state index contributed by atoms with van der Waals surface area (Å²) in [6.07, 6.45) is 0.847. The van der Waals surface area contributed by atoms with Crippen LogP contribution in [0, 0.1) is 11.8 Å². The van der Waals surface area contributed by atoms with Gasteiger partial charge in [-0.15, -0.1) is 0 Å². The first-order valence-electron chi connectivity index (χ1n) is 6.50. The Morgan fingerprint density at radius 1 is 1.26 bits per heavy atom. The summed E-state index contributed by atoms with van der Waals surface area (Å²) in [7, 11) is 1.56. The van der Waals surface area contributed by atoms with Crippen LogP contribution in [0.4, 0.5) is 0 Å². The number of aliphatic carboxylic acids is 1. The number of hydrogen-bond donors (Lipinski definition) is 2. The van der Waals surface area contributed by atoms with Crippen LogP contribution in [-0.2, 0) is 19.1 Å². The molecule has 0 aliphatic heterocycles. The highest BCUT2D eigenvalue weighted by molar-refractivity contribution is 5.77. The second kappa shape index (κ2) is 10.8. The van der Waals surface area contributed by atoms with Crippen LogP contribution in [0.2, 0.25) is 0 Å². The van der Waals surface area contributed by atoms with Crippen molar-refractivity contribution >= 4 is 11.9 Å². The summed E-state index contributed by atoms with van der Waals surface area (Å²) in [6, 6.07) is 0. The third kappa shape index (κ3) is 11.7. The van der Waals surface area contributed by atoms with Gasteiger partial charge in [-0.05, 0) is 18.3 Å². The van der Waals surface area contributed by atoms with Crippen LogP contribution < -0.4 is 5.32 Å². The third-order valence-corrected chi connectivity index (χ3v) is 2.52. The van der Waals surface area contributed by atoms with Crippen molar-refractivity contribution in [2.45, 2.75) is 26.7 Å². The first-order valence-corrected chi connectivity index (χ1v) is 6.50. The molecule has 0 saturated carbocycles. The van der Waals surface area contributed by atoms with Crippen molar-refractivity contribution in [1.82, 2.24) is 5.32 Å². The Morgan fingerprint density at radius 2 is 1.95 bits per heavy atom. The van der Waals surface area contributed by atoms with Crippen LogP contribution in [0.25, 0.3) is 0 Å². The largest absolute Gasteiger partial charge is 0.481 e. The molecular weight excluding hydrogens is 250 g/mol. The van der Waals surface area contributed by atoms with E-state index in [1.807, 2.05) is 13.8 Å². The minimum absolute atomic E-state index is 0.0230. The molecule has 0 aromatic rings. The molecule has 0 aliphatic carbocycles. The monoisotopic (exact) mass is 275 g/mol. The molecule has 1 atom stereocenters. The smallest absolute Gasteiger partial charge is 0.303 e. The first-order chi connectivity index (χ1) is 8.95. The SMILES string of the molecule is COCCOCC(=O)NC[C@H](CC(=O)O)CC(C)C. The Balaban J connectivity index is 3.88. The number of carboxylic acids is 1. The van der Waals surface area contributed by atoms with Gasteiger partial charge in [0.05, 0.1) is 13.2 Å². The van der Waals surface area contributed by atoms with Gasteiger partial charge in [0.2, 0.25) is 5.91 Å². The number of methoxy groups -OCH3 is 1. The van der Waals surface area contributed by atoms with Crippen LogP contribution >= 0.6 is 0 Å². The first kappa shape index (κ1) is 17.9. The average molecular weight is 275 g/mol. The zero-order chi connectivity index (χ0) is 14.7. The summed E-state index contributed by atoms with van der Waals surface area (Å²) in [5.74, 6) is -0.703. The highest BCUT2D eigenvalue weighted by atomic mass is 16.5. The van der Waals surface area contributed by atoms with E-state index in [4.69, 9.17) is 14.6 Å². The molecule has 2 N–H and O–H groups in total. The zero-order valence-electron chi connectivity index (χ0n) is 12.0. The van der Waals surface area contributed by atoms with E-state index in [0.29, 0.717) is 25.7 Å². The molecule has 1 amide bonds. The number of nitrogens with one attached hydrogen (secondary N) is 1. The van der Waals surface area contributed by atoms with E-state index in [1.54, 1.807) is 7.11 Å². The number of rotatable bonds is 11. The Kier molecular flexibility index (Phi) is 10.1. The van der Waals surface area contributed by atoms with Gasteiger partial charge in [-0.2, -0.15) is 0 Å². The fraction of sp³-hybridized carbons (Fsp3) is 0.846. The lowest BCUT2D eigenvalue weighted by Crippen LogP contribution is -2.33. The maximum absolute atomic E-state index is 11.5. The van der Waals surface area contributed by atoms with Gasteiger partial charge in [0.25, 0.3) is 0 Å². The highest BCUT2D eigenvalue weighted by Crippen LogP contribution is 2.14. The normalized spacial score (nSPS) is 12.4. The van der Waals surface area contributed by atoms with E-state index < -0.39 is 5.97 Å². The molecule has 0 rings (SSSR count). The Hall–Kier alpha value is -1.14. The number of carboxylic acid groups (broad SMARTS) is 1. The molecule has 0 heterocycles. The summed E-state index contributed by atoms with van der Waals surface area (Å²) >= 11 is 0. The number of amides is 1. The molecular formula is C13H25NO5. The maximum Gasteiger partial charge on any atom is 0.303 e. The molecule has 0 aromatic carbocycles. The molecule has 112 valence electrons. The standard InChI is InChI=1S/C13H25NO5/c1-10(2)6-11(7-13(16)17)8-14-12(15)9-19-5-4-18-3/h10-11H,4-9H2,1-3H3,(H,14,15)(H,16,17)/t11-/m0/s1. The second-order valence-electron chi connectivity index (χ2n) is 4.94. The van der Waals surface area contributed by atoms with Crippen molar-refractivity contribution in [2.75, 3.05) is 33.5 Å². The van der Waals surface area contributed by atoms with Crippen LogP contribution in [0.5, 0.6) is 0 Å². The van der Waals surface area contributed by atoms with Gasteiger partial charge >= 0.3 is 5.97 Å². The molecule has 0 spiro atoms. The average Bonchev–Trinajstić information content (AvgIpc) is 2.30. The Labute approximate surface area is 114 Å². The molecule has 0 aromatic heterocycles. The van der Waals surface area contributed by atoms with E-state index in [9.17, 15) is 9.59 Å². The van der Waals surface area contributed by atoms with Crippen LogP contribution in [0.1, 0.15) is 26.7 Å². The van der Waals surface area contributed by atoms with Crippen LogP contribution in [-0.4, -0.2) is 50.5 Å². The van der Waals surface area contributed by atoms with Crippen molar-refractivity contribution < 1.29 is 24.2 Å². The maximum atomic E-state index is 11.5. The second-order valence-corrected chi connectivity index (χ2v) is 4.94. The summed E-state index contributed by atoms with van der Waals surface area (Å²) in [6.45, 7) is 5.23. The molecule has 0 bridgehead atoms. The molecule has 0 fully saturated rings. The predicted octanol–water partition coefficient (Wildman–Crippen LogP) is 0.903. The number of hydrogen-bond acceptors (Lipinski definition) is 4. The number of carbonyl (C=O) groups excluding carboxylic acids is 1. The Morgan fingerprint density at radius 3 is 2.47 bits per heavy atom. The lowest BCUT2D eigenvalue weighted by Gasteiger charge is -2.17. The van der Waals surface area contributed by atoms with Gasteiger partial charge in [-0.3, -0.25) is 9.59 Å². The Bertz CT molecular complexity index is 268. The van der Waals surface area contributed by atoms with Gasteiger partial charge in [-0.1, -0.05) is 13.8 Å². The van der Waals surface area contributed by atoms with Crippen molar-refractivity contribution in [2.24, 2.45) is 11.8 Å². The number of ether oxygens (including phenoxy) is 2. The van der Waals surface area contributed by atoms with Crippen molar-refractivity contribution in [3.05, 3.63) is 0 Å². The topological polar surface area (TPSA) is 84.9 Å². The molecule has 19 heavy (non-hydrogen) atoms. The predicted molar refractivity (Wildman–Crippen MR) is 70.9 cm³/mol. The fourth-order valence-corrected chi connectivity index (χ4v) is 1.77. The quantitative estimate of drug-likeness (QED) is 0.547. The molecule has 0 aliphatic rings. The van der Waals surface area contributed by atoms with Gasteiger partial charge in [0.1, 0.15) is 6.61 Å². The van der Waals surface area contributed by atoms with E-state index >= 15 is 0 Å². The van der Waals surface area contributed by atoms with Crippen molar-refractivity contribution in [3.63, 3.8) is 0 Å². The molecule has 0 radical (unpaired) electrons. The van der Waals surface area contributed by atoms with E-state index in [-0.39, 0.29) is 24.9 Å². The molecule has 6 heteroatoms. The summed E-state index contributed by atoms with van der Waals surface area (Å²) in [5.41, 5.74) is 0. The third-order valence-electron chi connectivity index (χ3n) is 2.52. The van der Waals surface area contributed by atoms with Gasteiger partial charge in [0, 0.05) is 20.1 Å². The van der Waals surface area contributed by atoms with Crippen LogP contribution in [0.3, 0.4) is 0 Å². The summed E-state index contributed by atoms with van der Waals surface area (Å²) in [5, 5.41) is 11.5. The van der Waals surface area contributed by atoms with Gasteiger partial charge < -0.3 is 19.9 Å². The minimum atomic E-state index is -0.837. The zero-order valence-corrected chi connectivity index (χ0v) is 12.0. The minimum Gasteiger partial charge on any atom is -0.481 e. The fourth-order valence-electron chi connectivity index (χ4n) is 1.77. The molecule has 0 unspecified atom stereocenters. The highest BCUT2D eigenvalue weighted by Gasteiger charge is 2.16. The van der Waals surface area contributed by atoms with E-state index in [1.165, 1.54) is 0 Å². The van der Waals surface area contributed by atoms with Crippen molar-refractivity contribution in [1.29, 1.82) is 0 Å². The van der Waals surface area contributed by atoms with Crippen LogP contribution in [0.15, 0.2) is 0 Å². The molecule has 0 saturated heterocycles. The summed E-state index contributed by atoms with van der Waals surface area (Å²) < 4.78 is 9.86. The lowest BCUT2D eigenvalue weighted by atomic mass is 9.94.